The van der Waals surface area contributed by atoms with Crippen LogP contribution in [-0.2, 0) is 0 Å². The fraction of sp³-hybridized carbons (Fsp3) is 0. The number of hydrogen-bond donors (Lipinski definition) is 0. The maximum absolute atomic E-state index is 10.6. The number of carboxylic acids is 2. The molecule has 0 saturated heterocycles. The summed E-state index contributed by atoms with van der Waals surface area (Å²) in [6.45, 7) is 0. The monoisotopic (exact) mass is 266 g/mol. The van der Waals surface area contributed by atoms with Gasteiger partial charge in [-0.1, -0.05) is 60.7 Å². The molecule has 0 fully saturated rings. The second kappa shape index (κ2) is 5.84. The molecule has 0 atom stereocenters. The predicted octanol–water partition coefficient (Wildman–Crippen LogP) is 0.584. The molecule has 0 aliphatic rings. The van der Waals surface area contributed by atoms with Gasteiger partial charge in [0.1, 0.15) is 0 Å². The molecule has 20 heavy (non-hydrogen) atoms. The Morgan fingerprint density at radius 1 is 0.650 bits per heavy atom. The molecule has 0 N–H and O–H groups in total. The molecule has 0 heterocycles. The number of carboxylic acid groups (broad SMARTS) is 2. The van der Waals surface area contributed by atoms with E-state index in [2.05, 4.69) is 0 Å². The highest BCUT2D eigenvalue weighted by atomic mass is 16.4. The lowest BCUT2D eigenvalue weighted by Gasteiger charge is -2.03. The van der Waals surface area contributed by atoms with Gasteiger partial charge in [0.05, 0.1) is 11.9 Å². The summed E-state index contributed by atoms with van der Waals surface area (Å²) < 4.78 is 0. The van der Waals surface area contributed by atoms with E-state index >= 15 is 0 Å². The van der Waals surface area contributed by atoms with Crippen molar-refractivity contribution in [2.45, 2.75) is 0 Å². The summed E-state index contributed by atoms with van der Waals surface area (Å²) in [5.74, 6) is -2.42. The summed E-state index contributed by atoms with van der Waals surface area (Å²) >= 11 is 0. The molecule has 0 radical (unpaired) electrons. The SMILES string of the molecule is O=C([O-])c1ccc(/C=C\c2ccc(C(=O)[O-])cc2)cc1. The van der Waals surface area contributed by atoms with Crippen molar-refractivity contribution in [3.63, 3.8) is 0 Å². The number of rotatable bonds is 4. The number of benzene rings is 2. The van der Waals surface area contributed by atoms with Crippen LogP contribution in [0.15, 0.2) is 48.5 Å². The fourth-order valence-corrected chi connectivity index (χ4v) is 1.65. The minimum atomic E-state index is -1.21. The third-order valence-corrected chi connectivity index (χ3v) is 2.76. The van der Waals surface area contributed by atoms with E-state index in [0.29, 0.717) is 0 Å². The highest BCUT2D eigenvalue weighted by molar-refractivity contribution is 5.87. The highest BCUT2D eigenvalue weighted by Crippen LogP contribution is 2.10. The Bertz CT molecular complexity index is 592. The van der Waals surface area contributed by atoms with Gasteiger partial charge in [0.25, 0.3) is 0 Å². The summed E-state index contributed by atoms with van der Waals surface area (Å²) in [4.78, 5) is 21.2. The zero-order chi connectivity index (χ0) is 14.5. The molecule has 4 heteroatoms. The van der Waals surface area contributed by atoms with E-state index in [0.717, 1.165) is 11.1 Å². The van der Waals surface area contributed by atoms with Crippen LogP contribution in [0.4, 0.5) is 0 Å². The van der Waals surface area contributed by atoms with E-state index in [1.165, 1.54) is 24.3 Å². The lowest BCUT2D eigenvalue weighted by Crippen LogP contribution is -2.21. The van der Waals surface area contributed by atoms with Gasteiger partial charge in [-0.25, -0.2) is 0 Å². The smallest absolute Gasteiger partial charge is 0.0715 e. The molecular weight excluding hydrogens is 256 g/mol. The van der Waals surface area contributed by atoms with Crippen LogP contribution in [0.2, 0.25) is 0 Å². The molecule has 0 amide bonds. The van der Waals surface area contributed by atoms with E-state index < -0.39 is 11.9 Å². The first-order chi connectivity index (χ1) is 9.56. The molecule has 4 nitrogen and oxygen atoms in total. The number of carbonyl (C=O) groups excluding carboxylic acids is 2. The van der Waals surface area contributed by atoms with E-state index in [4.69, 9.17) is 0 Å². The first-order valence-corrected chi connectivity index (χ1v) is 5.87. The molecule has 2 aromatic rings. The zero-order valence-electron chi connectivity index (χ0n) is 10.4. The summed E-state index contributed by atoms with van der Waals surface area (Å²) in [6.07, 6.45) is 3.60. The van der Waals surface area contributed by atoms with Gasteiger partial charge in [-0.3, -0.25) is 0 Å². The van der Waals surface area contributed by atoms with Gasteiger partial charge < -0.3 is 19.8 Å². The van der Waals surface area contributed by atoms with Crippen molar-refractivity contribution in [2.24, 2.45) is 0 Å². The molecule has 0 aromatic heterocycles. The Kier molecular flexibility index (Phi) is 3.96. The van der Waals surface area contributed by atoms with Crippen LogP contribution in [0.5, 0.6) is 0 Å². The minimum absolute atomic E-state index is 0.125. The second-order valence-corrected chi connectivity index (χ2v) is 4.15. The second-order valence-electron chi connectivity index (χ2n) is 4.15. The molecule has 0 saturated carbocycles. The number of aromatic carboxylic acids is 2. The van der Waals surface area contributed by atoms with Crippen molar-refractivity contribution in [3.05, 3.63) is 70.8 Å². The van der Waals surface area contributed by atoms with E-state index in [-0.39, 0.29) is 11.1 Å². The van der Waals surface area contributed by atoms with E-state index in [9.17, 15) is 19.8 Å². The molecule has 2 aromatic carbocycles. The Labute approximate surface area is 115 Å². The van der Waals surface area contributed by atoms with E-state index in [1.807, 2.05) is 0 Å². The maximum Gasteiger partial charge on any atom is 0.0715 e. The summed E-state index contributed by atoms with van der Waals surface area (Å²) in [6, 6.07) is 12.5. The quantitative estimate of drug-likeness (QED) is 0.758. The van der Waals surface area contributed by atoms with Crippen LogP contribution in [0.1, 0.15) is 31.8 Å². The first kappa shape index (κ1) is 13.5. The Balaban J connectivity index is 2.12. The largest absolute Gasteiger partial charge is 0.545 e. The van der Waals surface area contributed by atoms with Crippen molar-refractivity contribution in [2.75, 3.05) is 0 Å². The lowest BCUT2D eigenvalue weighted by atomic mass is 10.1. The highest BCUT2D eigenvalue weighted by Gasteiger charge is 1.94. The molecule has 0 bridgehead atoms. The number of carbonyl (C=O) groups is 2. The molecule has 0 unspecified atom stereocenters. The molecule has 0 aliphatic carbocycles. The van der Waals surface area contributed by atoms with Gasteiger partial charge in [0, 0.05) is 0 Å². The van der Waals surface area contributed by atoms with Crippen LogP contribution in [0.25, 0.3) is 12.2 Å². The Morgan fingerprint density at radius 3 is 1.20 bits per heavy atom. The average molecular weight is 266 g/mol. The van der Waals surface area contributed by atoms with E-state index in [1.54, 1.807) is 36.4 Å². The van der Waals surface area contributed by atoms with Crippen LogP contribution < -0.4 is 10.2 Å². The average Bonchev–Trinajstić information content (AvgIpc) is 2.46. The van der Waals surface area contributed by atoms with Gasteiger partial charge >= 0.3 is 0 Å². The van der Waals surface area contributed by atoms with Crippen molar-refractivity contribution < 1.29 is 19.8 Å². The Hall–Kier alpha value is -2.88. The topological polar surface area (TPSA) is 80.3 Å². The number of hydrogen-bond acceptors (Lipinski definition) is 4. The molecule has 2 rings (SSSR count). The van der Waals surface area contributed by atoms with Crippen LogP contribution in [0, 0.1) is 0 Å². The first-order valence-electron chi connectivity index (χ1n) is 5.87. The van der Waals surface area contributed by atoms with Gasteiger partial charge in [-0.2, -0.15) is 0 Å². The van der Waals surface area contributed by atoms with Gasteiger partial charge in [-0.05, 0) is 22.3 Å². The van der Waals surface area contributed by atoms with Gasteiger partial charge in [-0.15, -0.1) is 0 Å². The predicted molar refractivity (Wildman–Crippen MR) is 70.5 cm³/mol. The molecule has 100 valence electrons. The van der Waals surface area contributed by atoms with Crippen molar-refractivity contribution in [1.82, 2.24) is 0 Å². The van der Waals surface area contributed by atoms with Crippen LogP contribution in [0.3, 0.4) is 0 Å². The third-order valence-electron chi connectivity index (χ3n) is 2.76. The standard InChI is InChI=1S/C16H12O4/c17-15(18)13-7-3-11(4-8-13)1-2-12-5-9-14(10-6-12)16(19)20/h1-10H,(H,17,18)(H,19,20)/p-2/b2-1-. The fourth-order valence-electron chi connectivity index (χ4n) is 1.65. The summed E-state index contributed by atoms with van der Waals surface area (Å²) in [7, 11) is 0. The summed E-state index contributed by atoms with van der Waals surface area (Å²) in [5, 5.41) is 21.2. The zero-order valence-corrected chi connectivity index (χ0v) is 10.4. The van der Waals surface area contributed by atoms with Crippen molar-refractivity contribution in [3.8, 4) is 0 Å². The maximum atomic E-state index is 10.6. The van der Waals surface area contributed by atoms with Crippen LogP contribution >= 0.6 is 0 Å². The van der Waals surface area contributed by atoms with Crippen molar-refractivity contribution in [1.29, 1.82) is 0 Å². The third kappa shape index (κ3) is 3.32. The molecule has 0 aliphatic heterocycles. The lowest BCUT2D eigenvalue weighted by molar-refractivity contribution is -0.256. The summed E-state index contributed by atoms with van der Waals surface area (Å²) in [5.41, 5.74) is 1.92. The normalized spacial score (nSPS) is 10.6. The van der Waals surface area contributed by atoms with Crippen molar-refractivity contribution >= 4 is 24.1 Å². The van der Waals surface area contributed by atoms with Crippen LogP contribution in [-0.4, -0.2) is 11.9 Å². The molecular formula is C16H10O4-2. The van der Waals surface area contributed by atoms with Gasteiger partial charge in [0.2, 0.25) is 0 Å². The minimum Gasteiger partial charge on any atom is -0.545 e. The van der Waals surface area contributed by atoms with Gasteiger partial charge in [0.15, 0.2) is 0 Å². The molecule has 0 spiro atoms. The Morgan fingerprint density at radius 2 is 0.950 bits per heavy atom.